The molecule has 0 N–H and O–H groups in total. The molecular weight excluding hydrogens is 252 g/mol. The van der Waals surface area contributed by atoms with E-state index < -0.39 is 0 Å². The Balaban J connectivity index is 1.99. The molecule has 6 atom stereocenters. The van der Waals surface area contributed by atoms with Crippen molar-refractivity contribution < 1.29 is 14.2 Å². The van der Waals surface area contributed by atoms with Gasteiger partial charge in [-0.25, -0.2) is 0 Å². The Bertz CT molecular complexity index is 390. The molecule has 3 unspecified atom stereocenters. The highest BCUT2D eigenvalue weighted by atomic mass is 16.8. The zero-order chi connectivity index (χ0) is 14.3. The van der Waals surface area contributed by atoms with Crippen molar-refractivity contribution in [2.45, 2.75) is 65.3 Å². The molecule has 0 aromatic carbocycles. The van der Waals surface area contributed by atoms with E-state index in [0.717, 1.165) is 18.3 Å². The van der Waals surface area contributed by atoms with E-state index >= 15 is 0 Å². The minimum atomic E-state index is -0.150. The molecule has 0 radical (unpaired) electrons. The highest BCUT2D eigenvalue weighted by Crippen LogP contribution is 2.51. The Morgan fingerprint density at radius 2 is 1.80 bits per heavy atom. The van der Waals surface area contributed by atoms with Gasteiger partial charge in [-0.05, 0) is 50.4 Å². The fraction of sp³-hybridized carbons (Fsp3) is 0.882. The normalized spacial score (nSPS) is 44.2. The van der Waals surface area contributed by atoms with Crippen LogP contribution in [0.2, 0.25) is 0 Å². The first kappa shape index (κ1) is 14.2. The minimum Gasteiger partial charge on any atom is -0.462 e. The number of hydrogen-bond acceptors (Lipinski definition) is 3. The summed E-state index contributed by atoms with van der Waals surface area (Å²) in [4.78, 5) is 0. The van der Waals surface area contributed by atoms with Gasteiger partial charge >= 0.3 is 0 Å². The predicted molar refractivity (Wildman–Crippen MR) is 77.8 cm³/mol. The average Bonchev–Trinajstić information content (AvgIpc) is 2.62. The van der Waals surface area contributed by atoms with E-state index in [1.807, 2.05) is 0 Å². The quantitative estimate of drug-likeness (QED) is 0.762. The van der Waals surface area contributed by atoms with Crippen LogP contribution in [0.5, 0.6) is 0 Å². The van der Waals surface area contributed by atoms with Gasteiger partial charge in [0.2, 0.25) is 6.29 Å². The van der Waals surface area contributed by atoms with Crippen molar-refractivity contribution in [2.24, 2.45) is 23.7 Å². The molecule has 0 saturated heterocycles. The molecule has 1 aliphatic carbocycles. The summed E-state index contributed by atoms with van der Waals surface area (Å²) in [7, 11) is 1.74. The van der Waals surface area contributed by atoms with Crippen molar-refractivity contribution in [3.8, 4) is 0 Å². The Hall–Kier alpha value is -0.700. The second-order valence-corrected chi connectivity index (χ2v) is 6.79. The van der Waals surface area contributed by atoms with E-state index in [1.165, 1.54) is 31.3 Å². The smallest absolute Gasteiger partial charge is 0.281 e. The van der Waals surface area contributed by atoms with Gasteiger partial charge in [0.15, 0.2) is 0 Å². The van der Waals surface area contributed by atoms with Gasteiger partial charge in [0, 0.05) is 18.6 Å². The van der Waals surface area contributed by atoms with Crippen molar-refractivity contribution in [3.63, 3.8) is 0 Å². The van der Waals surface area contributed by atoms with Crippen LogP contribution in [0.25, 0.3) is 0 Å². The number of ether oxygens (including phenoxy) is 3. The van der Waals surface area contributed by atoms with E-state index in [2.05, 4.69) is 20.8 Å². The minimum absolute atomic E-state index is 0.150. The highest BCUT2D eigenvalue weighted by molar-refractivity contribution is 5.21. The van der Waals surface area contributed by atoms with Gasteiger partial charge < -0.3 is 14.2 Å². The van der Waals surface area contributed by atoms with Gasteiger partial charge in [-0.15, -0.1) is 0 Å². The van der Waals surface area contributed by atoms with Crippen LogP contribution in [-0.2, 0) is 14.2 Å². The molecule has 3 aliphatic rings. The van der Waals surface area contributed by atoms with Crippen molar-refractivity contribution in [1.82, 2.24) is 0 Å². The molecule has 2 aliphatic heterocycles. The van der Waals surface area contributed by atoms with Crippen molar-refractivity contribution in [2.75, 3.05) is 7.11 Å². The summed E-state index contributed by atoms with van der Waals surface area (Å²) in [6.45, 7) is 6.75. The van der Waals surface area contributed by atoms with Crippen LogP contribution >= 0.6 is 0 Å². The molecule has 0 aromatic heterocycles. The molecule has 0 amide bonds. The molecule has 20 heavy (non-hydrogen) atoms. The van der Waals surface area contributed by atoms with Crippen LogP contribution in [0.1, 0.15) is 52.9 Å². The molecule has 1 saturated carbocycles. The fourth-order valence-electron chi connectivity index (χ4n) is 4.49. The third-order valence-corrected chi connectivity index (χ3v) is 5.69. The monoisotopic (exact) mass is 280 g/mol. The van der Waals surface area contributed by atoms with Crippen LogP contribution in [0.4, 0.5) is 0 Å². The Labute approximate surface area is 122 Å². The first-order valence-electron chi connectivity index (χ1n) is 8.25. The van der Waals surface area contributed by atoms with Crippen LogP contribution in [0, 0.1) is 23.7 Å². The fourth-order valence-corrected chi connectivity index (χ4v) is 4.49. The van der Waals surface area contributed by atoms with E-state index in [0.29, 0.717) is 17.8 Å². The predicted octanol–water partition coefficient (Wildman–Crippen LogP) is 4.09. The lowest BCUT2D eigenvalue weighted by Gasteiger charge is -2.45. The molecule has 0 bridgehead atoms. The van der Waals surface area contributed by atoms with Gasteiger partial charge in [0.05, 0.1) is 6.10 Å². The maximum Gasteiger partial charge on any atom is 0.281 e. The maximum atomic E-state index is 6.10. The molecule has 0 aromatic rings. The lowest BCUT2D eigenvalue weighted by Crippen LogP contribution is -2.41. The van der Waals surface area contributed by atoms with Crippen LogP contribution < -0.4 is 0 Å². The molecule has 2 heterocycles. The molecular formula is C17H28O3. The van der Waals surface area contributed by atoms with E-state index in [4.69, 9.17) is 14.2 Å². The highest BCUT2D eigenvalue weighted by Gasteiger charge is 2.47. The zero-order valence-corrected chi connectivity index (χ0v) is 13.2. The summed E-state index contributed by atoms with van der Waals surface area (Å²) < 4.78 is 17.7. The SMILES string of the molecule is CC[C@@H]1CCC2C3=C(OC(C)CCC31)O[C@H](OC)[C@@H]2C. The molecule has 1 fully saturated rings. The van der Waals surface area contributed by atoms with Gasteiger partial charge in [0.1, 0.15) is 0 Å². The molecule has 3 nitrogen and oxygen atoms in total. The van der Waals surface area contributed by atoms with E-state index in [-0.39, 0.29) is 12.4 Å². The maximum absolute atomic E-state index is 6.10. The number of hydrogen-bond donors (Lipinski definition) is 0. The average molecular weight is 280 g/mol. The van der Waals surface area contributed by atoms with Crippen LogP contribution in [0.15, 0.2) is 11.5 Å². The van der Waals surface area contributed by atoms with Crippen molar-refractivity contribution in [1.29, 1.82) is 0 Å². The van der Waals surface area contributed by atoms with Gasteiger partial charge in [-0.3, -0.25) is 0 Å². The number of methoxy groups -OCH3 is 1. The first-order chi connectivity index (χ1) is 9.65. The Kier molecular flexibility index (Phi) is 3.98. The van der Waals surface area contributed by atoms with Crippen LogP contribution in [-0.4, -0.2) is 19.5 Å². The molecule has 3 rings (SSSR count). The lowest BCUT2D eigenvalue weighted by molar-refractivity contribution is -0.190. The lowest BCUT2D eigenvalue weighted by atomic mass is 9.64. The standard InChI is InChI=1S/C17H28O3/c1-5-12-7-9-13-11(3)16(18-4)20-17-15(13)14(12)8-6-10(2)19-17/h10-14,16H,5-9H2,1-4H3/t10?,11-,12-,13?,14?,16+/m1/s1. The largest absolute Gasteiger partial charge is 0.462 e. The Morgan fingerprint density at radius 3 is 2.50 bits per heavy atom. The Morgan fingerprint density at radius 1 is 1.05 bits per heavy atom. The second kappa shape index (κ2) is 5.59. The molecule has 3 heteroatoms. The zero-order valence-electron chi connectivity index (χ0n) is 13.2. The van der Waals surface area contributed by atoms with Gasteiger partial charge in [-0.1, -0.05) is 20.3 Å². The topological polar surface area (TPSA) is 27.7 Å². The molecule has 114 valence electrons. The number of allylic oxidation sites excluding steroid dienone is 1. The second-order valence-electron chi connectivity index (χ2n) is 6.79. The third kappa shape index (κ3) is 2.24. The third-order valence-electron chi connectivity index (χ3n) is 5.69. The number of rotatable bonds is 2. The summed E-state index contributed by atoms with van der Waals surface area (Å²) >= 11 is 0. The summed E-state index contributed by atoms with van der Waals surface area (Å²) in [6, 6.07) is 0. The summed E-state index contributed by atoms with van der Waals surface area (Å²) in [6.07, 6.45) is 6.37. The first-order valence-corrected chi connectivity index (χ1v) is 8.25. The molecule has 0 spiro atoms. The van der Waals surface area contributed by atoms with Crippen LogP contribution in [0.3, 0.4) is 0 Å². The van der Waals surface area contributed by atoms with Gasteiger partial charge in [0.25, 0.3) is 5.95 Å². The summed E-state index contributed by atoms with van der Waals surface area (Å²) in [5.41, 5.74) is 1.48. The van der Waals surface area contributed by atoms with E-state index in [1.54, 1.807) is 7.11 Å². The van der Waals surface area contributed by atoms with Crippen molar-refractivity contribution in [3.05, 3.63) is 11.5 Å². The summed E-state index contributed by atoms with van der Waals surface area (Å²) in [5, 5.41) is 0. The summed E-state index contributed by atoms with van der Waals surface area (Å²) in [5.74, 6) is 3.30. The van der Waals surface area contributed by atoms with E-state index in [9.17, 15) is 0 Å². The van der Waals surface area contributed by atoms with Crippen molar-refractivity contribution >= 4 is 0 Å². The van der Waals surface area contributed by atoms with Gasteiger partial charge in [-0.2, -0.15) is 0 Å².